The van der Waals surface area contributed by atoms with Gasteiger partial charge in [-0.1, -0.05) is 25.1 Å². The monoisotopic (exact) mass is 452 g/mol. The zero-order valence-electron chi connectivity index (χ0n) is 18.9. The van der Waals surface area contributed by atoms with Gasteiger partial charge in [-0.15, -0.1) is 0 Å². The maximum atomic E-state index is 13.4. The maximum Gasteiger partial charge on any atom is 0.275 e. The number of Topliss-reactive ketones (excluding diaryl/α,β-unsaturated/α-hetero) is 1. The first-order valence-corrected chi connectivity index (χ1v) is 11.3. The number of H-pyrrole nitrogens is 1. The molecule has 0 aliphatic heterocycles. The number of ketones is 1. The van der Waals surface area contributed by atoms with Gasteiger partial charge in [0.05, 0.1) is 16.9 Å². The van der Waals surface area contributed by atoms with Crippen LogP contribution in [0.4, 0.5) is 17.2 Å². The lowest BCUT2D eigenvalue weighted by Crippen LogP contribution is -2.19. The number of hydrogen-bond acceptors (Lipinski definition) is 5. The topological polar surface area (TPSA) is 105 Å². The number of para-hydroxylation sites is 1. The van der Waals surface area contributed by atoms with Crippen molar-refractivity contribution in [3.63, 3.8) is 0 Å². The highest BCUT2D eigenvalue weighted by Gasteiger charge is 2.58. The summed E-state index contributed by atoms with van der Waals surface area (Å²) in [6, 6.07) is 15.2. The SMILES string of the molecule is Cn1nccc1C(=O)Nc1cc(-c2[nH]c3c(c2Nc2ccccc2)C(=O)[C@H]2C[C@@]2(C)C3)ccn1. The van der Waals surface area contributed by atoms with Crippen LogP contribution < -0.4 is 10.6 Å². The highest BCUT2D eigenvalue weighted by Crippen LogP contribution is 2.60. The number of pyridine rings is 1. The molecule has 3 heterocycles. The molecule has 0 radical (unpaired) electrons. The quantitative estimate of drug-likeness (QED) is 0.411. The van der Waals surface area contributed by atoms with Crippen LogP contribution in [-0.4, -0.2) is 31.4 Å². The molecule has 3 N–H and O–H groups in total. The molecule has 0 saturated heterocycles. The van der Waals surface area contributed by atoms with Crippen LogP contribution in [0.1, 0.15) is 39.9 Å². The molecule has 6 rings (SSSR count). The van der Waals surface area contributed by atoms with E-state index in [9.17, 15) is 9.59 Å². The number of anilines is 3. The van der Waals surface area contributed by atoms with E-state index < -0.39 is 0 Å². The van der Waals surface area contributed by atoms with E-state index in [0.717, 1.165) is 46.7 Å². The van der Waals surface area contributed by atoms with Gasteiger partial charge in [-0.2, -0.15) is 5.10 Å². The average molecular weight is 453 g/mol. The Morgan fingerprint density at radius 1 is 1.18 bits per heavy atom. The van der Waals surface area contributed by atoms with Crippen LogP contribution in [-0.2, 0) is 13.5 Å². The van der Waals surface area contributed by atoms with Crippen molar-refractivity contribution >= 4 is 28.9 Å². The minimum absolute atomic E-state index is 0.0523. The number of fused-ring (bicyclic) bond motifs is 2. The molecule has 1 fully saturated rings. The predicted molar refractivity (Wildman–Crippen MR) is 129 cm³/mol. The number of nitrogens with zero attached hydrogens (tertiary/aromatic N) is 3. The number of carbonyl (C=O) groups excluding carboxylic acids is 2. The van der Waals surface area contributed by atoms with E-state index in [4.69, 9.17) is 0 Å². The summed E-state index contributed by atoms with van der Waals surface area (Å²) in [5.41, 5.74) is 5.52. The van der Waals surface area contributed by atoms with Crippen LogP contribution in [0.2, 0.25) is 0 Å². The maximum absolute atomic E-state index is 13.4. The average Bonchev–Trinajstić information content (AvgIpc) is 3.13. The van der Waals surface area contributed by atoms with Crippen molar-refractivity contribution < 1.29 is 9.59 Å². The van der Waals surface area contributed by atoms with E-state index in [1.807, 2.05) is 42.5 Å². The van der Waals surface area contributed by atoms with Crippen LogP contribution in [0.5, 0.6) is 0 Å². The molecule has 2 aliphatic carbocycles. The van der Waals surface area contributed by atoms with Crippen molar-refractivity contribution in [1.82, 2.24) is 19.7 Å². The normalized spacial score (nSPS) is 20.4. The van der Waals surface area contributed by atoms with Crippen LogP contribution >= 0.6 is 0 Å². The summed E-state index contributed by atoms with van der Waals surface area (Å²) in [6.07, 6.45) is 5.01. The Labute approximate surface area is 196 Å². The van der Waals surface area contributed by atoms with Gasteiger partial charge in [-0.25, -0.2) is 4.98 Å². The number of aryl methyl sites for hydroxylation is 1. The lowest BCUT2D eigenvalue weighted by molar-refractivity contribution is 0.0940. The van der Waals surface area contributed by atoms with Gasteiger partial charge in [0, 0.05) is 42.3 Å². The van der Waals surface area contributed by atoms with Crippen LogP contribution in [0, 0.1) is 11.3 Å². The number of amides is 1. The largest absolute Gasteiger partial charge is 0.356 e. The summed E-state index contributed by atoms with van der Waals surface area (Å²) in [5, 5.41) is 10.4. The molecule has 2 atom stereocenters. The van der Waals surface area contributed by atoms with Gasteiger partial charge in [0.15, 0.2) is 5.78 Å². The summed E-state index contributed by atoms with van der Waals surface area (Å²) in [6.45, 7) is 2.18. The van der Waals surface area contributed by atoms with Crippen molar-refractivity contribution in [1.29, 1.82) is 0 Å². The van der Waals surface area contributed by atoms with Crippen LogP contribution in [0.25, 0.3) is 11.3 Å². The zero-order chi connectivity index (χ0) is 23.4. The third kappa shape index (κ3) is 3.30. The number of nitrogens with one attached hydrogen (secondary N) is 3. The second-order valence-corrected chi connectivity index (χ2v) is 9.40. The second-order valence-electron chi connectivity index (χ2n) is 9.40. The Kier molecular flexibility index (Phi) is 4.45. The van der Waals surface area contributed by atoms with E-state index in [1.165, 1.54) is 4.68 Å². The summed E-state index contributed by atoms with van der Waals surface area (Å²) in [5.74, 6) is 0.416. The molecule has 1 saturated carbocycles. The van der Waals surface area contributed by atoms with Crippen molar-refractivity contribution in [3.8, 4) is 11.3 Å². The smallest absolute Gasteiger partial charge is 0.275 e. The summed E-state index contributed by atoms with van der Waals surface area (Å²) < 4.78 is 1.51. The van der Waals surface area contributed by atoms with Crippen molar-refractivity contribution in [2.45, 2.75) is 19.8 Å². The van der Waals surface area contributed by atoms with E-state index >= 15 is 0 Å². The Hall–Kier alpha value is -4.20. The molecule has 1 amide bonds. The molecule has 0 spiro atoms. The van der Waals surface area contributed by atoms with E-state index in [-0.39, 0.29) is 23.0 Å². The number of benzene rings is 1. The fraction of sp³-hybridized carbons (Fsp3) is 0.231. The van der Waals surface area contributed by atoms with Gasteiger partial charge in [0.25, 0.3) is 5.91 Å². The summed E-state index contributed by atoms with van der Waals surface area (Å²) in [4.78, 5) is 33.9. The first-order valence-electron chi connectivity index (χ1n) is 11.3. The molecule has 170 valence electrons. The standard InChI is InChI=1S/C26H24N6O2/c1-26-13-17(26)24(33)21-18(14-26)30-22(23(21)29-16-6-4-3-5-7-16)15-8-10-27-20(12-15)31-25(34)19-9-11-28-32(19)2/h3-12,17,29-30H,13-14H2,1-2H3,(H,27,31,34)/t17-,26+/m1/s1. The third-order valence-corrected chi connectivity index (χ3v) is 6.96. The van der Waals surface area contributed by atoms with Gasteiger partial charge in [0.1, 0.15) is 11.5 Å². The molecule has 2 aliphatic rings. The highest BCUT2D eigenvalue weighted by atomic mass is 16.2. The molecule has 1 aromatic carbocycles. The Morgan fingerprint density at radius 3 is 2.76 bits per heavy atom. The zero-order valence-corrected chi connectivity index (χ0v) is 18.9. The first kappa shape index (κ1) is 20.4. The molecule has 0 unspecified atom stereocenters. The number of rotatable bonds is 5. The fourth-order valence-electron chi connectivity index (χ4n) is 4.99. The lowest BCUT2D eigenvalue weighted by Gasteiger charge is -2.18. The van der Waals surface area contributed by atoms with Crippen molar-refractivity contribution in [2.75, 3.05) is 10.6 Å². The molecule has 3 aromatic heterocycles. The number of carbonyl (C=O) groups is 2. The molecule has 34 heavy (non-hydrogen) atoms. The Bertz CT molecular complexity index is 1440. The van der Waals surface area contributed by atoms with Crippen LogP contribution in [0.3, 0.4) is 0 Å². The highest BCUT2D eigenvalue weighted by molar-refractivity contribution is 6.10. The van der Waals surface area contributed by atoms with Gasteiger partial charge >= 0.3 is 0 Å². The minimum atomic E-state index is -0.291. The Balaban J connectivity index is 1.40. The fourth-order valence-corrected chi connectivity index (χ4v) is 4.99. The second kappa shape index (κ2) is 7.41. The van der Waals surface area contributed by atoms with Crippen molar-refractivity contribution in [2.24, 2.45) is 18.4 Å². The molecule has 8 heteroatoms. The molecular weight excluding hydrogens is 428 g/mol. The summed E-state index contributed by atoms with van der Waals surface area (Å²) in [7, 11) is 1.71. The third-order valence-electron chi connectivity index (χ3n) is 6.96. The van der Waals surface area contributed by atoms with E-state index in [2.05, 4.69) is 32.6 Å². The van der Waals surface area contributed by atoms with Crippen molar-refractivity contribution in [3.05, 3.63) is 77.9 Å². The number of aromatic nitrogens is 4. The first-order chi connectivity index (χ1) is 16.4. The minimum Gasteiger partial charge on any atom is -0.356 e. The van der Waals surface area contributed by atoms with Gasteiger partial charge in [-0.3, -0.25) is 14.3 Å². The van der Waals surface area contributed by atoms with E-state index in [0.29, 0.717) is 11.5 Å². The lowest BCUT2D eigenvalue weighted by atomic mass is 9.87. The van der Waals surface area contributed by atoms with Crippen LogP contribution in [0.15, 0.2) is 60.9 Å². The molecule has 0 bridgehead atoms. The molecular formula is C26H24N6O2. The van der Waals surface area contributed by atoms with Gasteiger partial charge in [-0.05, 0) is 48.6 Å². The summed E-state index contributed by atoms with van der Waals surface area (Å²) >= 11 is 0. The number of hydrogen-bond donors (Lipinski definition) is 3. The Morgan fingerprint density at radius 2 is 2.00 bits per heavy atom. The molecule has 8 nitrogen and oxygen atoms in total. The molecule has 4 aromatic rings. The van der Waals surface area contributed by atoms with Gasteiger partial charge < -0.3 is 15.6 Å². The van der Waals surface area contributed by atoms with E-state index in [1.54, 1.807) is 25.5 Å². The number of aromatic amines is 1. The predicted octanol–water partition coefficient (Wildman–Crippen LogP) is 4.57. The van der Waals surface area contributed by atoms with Gasteiger partial charge in [0.2, 0.25) is 0 Å².